The molecular weight excluding hydrogens is 176 g/mol. The van der Waals surface area contributed by atoms with Crippen LogP contribution in [0.15, 0.2) is 4.99 Å². The molecule has 0 rings (SSSR count). The number of nitrogens with zero attached hydrogens (tertiary/aromatic N) is 1. The third-order valence-corrected chi connectivity index (χ3v) is 2.09. The van der Waals surface area contributed by atoms with E-state index in [0.717, 1.165) is 0 Å². The number of aliphatic imine (C=N–C) groups is 1. The van der Waals surface area contributed by atoms with Gasteiger partial charge >= 0.3 is 0 Å². The van der Waals surface area contributed by atoms with Crippen LogP contribution in [0.4, 0.5) is 0 Å². The van der Waals surface area contributed by atoms with E-state index < -0.39 is 0 Å². The van der Waals surface area contributed by atoms with Crippen LogP contribution in [-0.4, -0.2) is 30.1 Å². The molecule has 0 amide bonds. The Morgan fingerprint density at radius 1 is 1.67 bits per heavy atom. The van der Waals surface area contributed by atoms with Gasteiger partial charge in [0.1, 0.15) is 0 Å². The Bertz CT molecular complexity index is 178. The zero-order chi connectivity index (χ0) is 9.56. The first kappa shape index (κ1) is 11.2. The lowest BCUT2D eigenvalue weighted by Gasteiger charge is -2.06. The van der Waals surface area contributed by atoms with Crippen molar-refractivity contribution in [1.82, 2.24) is 0 Å². The molecule has 12 heavy (non-hydrogen) atoms. The Labute approximate surface area is 76.1 Å². The summed E-state index contributed by atoms with van der Waals surface area (Å²) in [7, 11) is 1.62. The first-order chi connectivity index (χ1) is 5.56. The van der Waals surface area contributed by atoms with Gasteiger partial charge in [-0.25, -0.2) is 0 Å². The Hall–Kier alpha value is -0.750. The molecule has 0 aliphatic carbocycles. The molecule has 1 unspecified atom stereocenters. The highest BCUT2D eigenvalue weighted by atomic mass is 32.2. The molecule has 70 valence electrons. The van der Waals surface area contributed by atoms with Crippen LogP contribution in [-0.2, 0) is 4.74 Å². The van der Waals surface area contributed by atoms with Gasteiger partial charge in [0.25, 0.3) is 0 Å². The third kappa shape index (κ3) is 5.99. The number of nitrogens with two attached hydrogens (primary N) is 2. The van der Waals surface area contributed by atoms with Gasteiger partial charge in [-0.3, -0.25) is 5.41 Å². The molecule has 0 heterocycles. The van der Waals surface area contributed by atoms with Crippen molar-refractivity contribution >= 4 is 22.9 Å². The molecule has 0 fully saturated rings. The average Bonchev–Trinajstić information content (AvgIpc) is 1.99. The van der Waals surface area contributed by atoms with Crippen LogP contribution in [0.3, 0.4) is 0 Å². The number of hydrogen-bond acceptors (Lipinski definition) is 3. The van der Waals surface area contributed by atoms with E-state index in [1.54, 1.807) is 7.11 Å². The molecule has 0 aliphatic heterocycles. The minimum Gasteiger partial charge on any atom is -0.381 e. The van der Waals surface area contributed by atoms with Crippen molar-refractivity contribution < 1.29 is 4.74 Å². The standard InChI is InChI=1S/C6H14N4OS/c1-4(11-2)3-12-6(9)10-5(7)8/h4H,3H2,1-2H3,(H5,7,8,9,10). The number of hydrogen-bond donors (Lipinski definition) is 3. The van der Waals surface area contributed by atoms with Crippen LogP contribution in [0.25, 0.3) is 0 Å². The average molecular weight is 190 g/mol. The highest BCUT2D eigenvalue weighted by molar-refractivity contribution is 8.13. The molecule has 0 aromatic carbocycles. The van der Waals surface area contributed by atoms with Crippen LogP contribution in [0.5, 0.6) is 0 Å². The molecule has 0 spiro atoms. The SMILES string of the molecule is COC(C)CSC(=N)N=C(N)N. The Morgan fingerprint density at radius 3 is 2.67 bits per heavy atom. The lowest BCUT2D eigenvalue weighted by Crippen LogP contribution is -2.23. The number of ether oxygens (including phenoxy) is 1. The van der Waals surface area contributed by atoms with Gasteiger partial charge in [0.15, 0.2) is 11.1 Å². The van der Waals surface area contributed by atoms with Gasteiger partial charge < -0.3 is 16.2 Å². The summed E-state index contributed by atoms with van der Waals surface area (Å²) in [6, 6.07) is 0. The summed E-state index contributed by atoms with van der Waals surface area (Å²) in [6.07, 6.45) is 0.101. The molecule has 0 saturated heterocycles. The van der Waals surface area contributed by atoms with Crippen molar-refractivity contribution in [3.8, 4) is 0 Å². The van der Waals surface area contributed by atoms with Gasteiger partial charge in [-0.15, -0.1) is 0 Å². The lowest BCUT2D eigenvalue weighted by molar-refractivity contribution is 0.138. The van der Waals surface area contributed by atoms with Crippen molar-refractivity contribution in [2.24, 2.45) is 16.5 Å². The molecule has 0 aliphatic rings. The maximum absolute atomic E-state index is 7.25. The molecule has 1 atom stereocenters. The van der Waals surface area contributed by atoms with E-state index in [0.29, 0.717) is 5.75 Å². The van der Waals surface area contributed by atoms with Gasteiger partial charge in [-0.2, -0.15) is 4.99 Å². The third-order valence-electron chi connectivity index (χ3n) is 1.09. The van der Waals surface area contributed by atoms with E-state index in [2.05, 4.69) is 4.99 Å². The largest absolute Gasteiger partial charge is 0.381 e. The molecule has 0 aromatic heterocycles. The summed E-state index contributed by atoms with van der Waals surface area (Å²) in [5.74, 6) is 0.587. The van der Waals surface area contributed by atoms with Gasteiger partial charge in [0.2, 0.25) is 0 Å². The predicted molar refractivity (Wildman–Crippen MR) is 52.5 cm³/mol. The summed E-state index contributed by atoms with van der Waals surface area (Å²) >= 11 is 1.25. The van der Waals surface area contributed by atoms with Gasteiger partial charge in [0.05, 0.1) is 6.10 Å². The zero-order valence-electron chi connectivity index (χ0n) is 7.20. The molecule has 6 heteroatoms. The normalized spacial score (nSPS) is 12.2. The molecule has 0 aromatic rings. The lowest BCUT2D eigenvalue weighted by atomic mass is 10.5. The fourth-order valence-electron chi connectivity index (χ4n) is 0.414. The maximum Gasteiger partial charge on any atom is 0.193 e. The second-order valence-corrected chi connectivity index (χ2v) is 3.21. The molecule has 5 N–H and O–H groups in total. The highest BCUT2D eigenvalue weighted by Gasteiger charge is 2.02. The quantitative estimate of drug-likeness (QED) is 0.429. The van der Waals surface area contributed by atoms with Crippen molar-refractivity contribution in [1.29, 1.82) is 5.41 Å². The van der Waals surface area contributed by atoms with E-state index in [1.165, 1.54) is 11.8 Å². The maximum atomic E-state index is 7.25. The van der Waals surface area contributed by atoms with Gasteiger partial charge in [-0.1, -0.05) is 11.8 Å². The molecule has 5 nitrogen and oxygen atoms in total. The van der Waals surface area contributed by atoms with Crippen molar-refractivity contribution in [3.63, 3.8) is 0 Å². The van der Waals surface area contributed by atoms with Crippen LogP contribution in [0.1, 0.15) is 6.92 Å². The zero-order valence-corrected chi connectivity index (χ0v) is 8.02. The highest BCUT2D eigenvalue weighted by Crippen LogP contribution is 2.06. The van der Waals surface area contributed by atoms with Crippen molar-refractivity contribution in [2.75, 3.05) is 12.9 Å². The summed E-state index contributed by atoms with van der Waals surface area (Å²) in [6.45, 7) is 1.91. The summed E-state index contributed by atoms with van der Waals surface area (Å²) in [5.41, 5.74) is 10.1. The predicted octanol–water partition coefficient (Wildman–Crippen LogP) is -0.0373. The number of rotatable bonds is 3. The number of methoxy groups -OCH3 is 1. The number of guanidine groups is 1. The minimum atomic E-state index is -0.0856. The minimum absolute atomic E-state index is 0.0856. The summed E-state index contributed by atoms with van der Waals surface area (Å²) in [5, 5.41) is 7.36. The van der Waals surface area contributed by atoms with Crippen LogP contribution in [0, 0.1) is 5.41 Å². The fourth-order valence-corrected chi connectivity index (χ4v) is 1.11. The topological polar surface area (TPSA) is 97.5 Å². The first-order valence-corrected chi connectivity index (χ1v) is 4.38. The van der Waals surface area contributed by atoms with Crippen LogP contribution < -0.4 is 11.5 Å². The Balaban J connectivity index is 3.65. The van der Waals surface area contributed by atoms with E-state index in [4.69, 9.17) is 21.6 Å². The molecule has 0 bridgehead atoms. The van der Waals surface area contributed by atoms with E-state index >= 15 is 0 Å². The number of nitrogens with one attached hydrogen (secondary N) is 1. The van der Waals surface area contributed by atoms with E-state index in [1.807, 2.05) is 6.92 Å². The monoisotopic (exact) mass is 190 g/mol. The van der Waals surface area contributed by atoms with E-state index in [9.17, 15) is 0 Å². The fraction of sp³-hybridized carbons (Fsp3) is 0.667. The van der Waals surface area contributed by atoms with Crippen molar-refractivity contribution in [3.05, 3.63) is 0 Å². The van der Waals surface area contributed by atoms with Crippen molar-refractivity contribution in [2.45, 2.75) is 13.0 Å². The number of thioether (sulfide) groups is 1. The second kappa shape index (κ2) is 5.84. The van der Waals surface area contributed by atoms with Gasteiger partial charge in [0, 0.05) is 12.9 Å². The van der Waals surface area contributed by atoms with Gasteiger partial charge in [-0.05, 0) is 6.92 Å². The second-order valence-electron chi connectivity index (χ2n) is 2.20. The molecule has 0 saturated carbocycles. The van der Waals surface area contributed by atoms with Crippen LogP contribution >= 0.6 is 11.8 Å². The Kier molecular flexibility index (Phi) is 5.48. The smallest absolute Gasteiger partial charge is 0.193 e. The van der Waals surface area contributed by atoms with Crippen LogP contribution in [0.2, 0.25) is 0 Å². The summed E-state index contributed by atoms with van der Waals surface area (Å²) in [4.78, 5) is 3.55. The first-order valence-electron chi connectivity index (χ1n) is 3.40. The molecule has 0 radical (unpaired) electrons. The molecular formula is C6H14N4OS. The number of amidine groups is 1. The van der Waals surface area contributed by atoms with E-state index in [-0.39, 0.29) is 17.2 Å². The Morgan fingerprint density at radius 2 is 2.25 bits per heavy atom. The summed E-state index contributed by atoms with van der Waals surface area (Å²) < 4.78 is 4.98.